The van der Waals surface area contributed by atoms with E-state index in [0.717, 1.165) is 12.8 Å². The van der Waals surface area contributed by atoms with Crippen molar-refractivity contribution in [2.45, 2.75) is 52.6 Å². The van der Waals surface area contributed by atoms with E-state index < -0.39 is 0 Å². The molecule has 0 heterocycles. The molecule has 0 saturated heterocycles. The molecule has 0 saturated carbocycles. The van der Waals surface area contributed by atoms with E-state index in [1.807, 2.05) is 0 Å². The SMILES string of the molecule is CC(C)c1cc2c(-c3cccc4ccccc34)cccc2[cH-]1.C[Si](C)=[Zr+2].Cc1ccc(-c2cccc3ccccc23)c2cc(CCc3ccccc3)[cH-]c12.[Cl-].[Cl-]. The van der Waals surface area contributed by atoms with Crippen LogP contribution in [0.5, 0.6) is 0 Å². The van der Waals surface area contributed by atoms with Gasteiger partial charge >= 0.3 is 41.9 Å². The molecule has 0 atom stereocenters. The third kappa shape index (κ3) is 9.90. The Bertz CT molecular complexity index is 2690. The Labute approximate surface area is 360 Å². The van der Waals surface area contributed by atoms with Crippen molar-refractivity contribution in [3.05, 3.63) is 192 Å². The fraction of sp³-hybridized carbons (Fsp3) is 0.154. The third-order valence-corrected chi connectivity index (χ3v) is 10.3. The van der Waals surface area contributed by atoms with Gasteiger partial charge in [0, 0.05) is 0 Å². The molecule has 0 fully saturated rings. The van der Waals surface area contributed by atoms with E-state index in [4.69, 9.17) is 0 Å². The number of halogens is 2. The minimum atomic E-state index is 0. The maximum absolute atomic E-state index is 2.41. The first-order chi connectivity index (χ1) is 26.3. The van der Waals surface area contributed by atoms with Gasteiger partial charge in [0.25, 0.3) is 0 Å². The molecule has 9 aromatic rings. The molecule has 0 aliphatic heterocycles. The summed E-state index contributed by atoms with van der Waals surface area (Å²) >= 11 is 1.74. The number of benzene rings is 7. The van der Waals surface area contributed by atoms with Crippen LogP contribution in [0.3, 0.4) is 0 Å². The minimum absolute atomic E-state index is 0. The Morgan fingerprint density at radius 1 is 0.518 bits per heavy atom. The summed E-state index contributed by atoms with van der Waals surface area (Å²) in [7, 11) is 0. The Kier molecular flexibility index (Phi) is 15.3. The summed E-state index contributed by atoms with van der Waals surface area (Å²) in [6, 6.07) is 61.9. The molecule has 4 heteroatoms. The van der Waals surface area contributed by atoms with Crippen molar-refractivity contribution in [2.75, 3.05) is 0 Å². The molecular weight excluding hydrogens is 815 g/mol. The Morgan fingerprint density at radius 2 is 1.02 bits per heavy atom. The summed E-state index contributed by atoms with van der Waals surface area (Å²) in [6.07, 6.45) is 2.16. The summed E-state index contributed by atoms with van der Waals surface area (Å²) in [5.41, 5.74) is 11.1. The Morgan fingerprint density at radius 3 is 1.61 bits per heavy atom. The zero-order chi connectivity index (χ0) is 37.6. The van der Waals surface area contributed by atoms with Crippen molar-refractivity contribution in [3.63, 3.8) is 0 Å². The first-order valence-corrected chi connectivity index (χ1v) is 25.4. The quantitative estimate of drug-likeness (QED) is 0.116. The molecule has 0 nitrogen and oxygen atoms in total. The van der Waals surface area contributed by atoms with Crippen molar-refractivity contribution >= 4 is 48.5 Å². The van der Waals surface area contributed by atoms with Crippen molar-refractivity contribution in [1.29, 1.82) is 0 Å². The average molecular weight is 863 g/mol. The number of fused-ring (bicyclic) bond motifs is 4. The molecule has 280 valence electrons. The van der Waals surface area contributed by atoms with E-state index >= 15 is 0 Å². The van der Waals surface area contributed by atoms with Crippen molar-refractivity contribution in [3.8, 4) is 22.3 Å². The van der Waals surface area contributed by atoms with Gasteiger partial charge in [-0.2, -0.15) is 12.1 Å². The van der Waals surface area contributed by atoms with Gasteiger partial charge < -0.3 is 24.8 Å². The van der Waals surface area contributed by atoms with Gasteiger partial charge in [0.2, 0.25) is 0 Å². The largest absolute Gasteiger partial charge is 1.00 e. The van der Waals surface area contributed by atoms with Gasteiger partial charge in [-0.1, -0.05) is 159 Å². The number of hydrogen-bond acceptors (Lipinski definition) is 0. The van der Waals surface area contributed by atoms with Gasteiger partial charge in [-0.05, 0) is 57.0 Å². The summed E-state index contributed by atoms with van der Waals surface area (Å²) in [6.45, 7) is 11.3. The fourth-order valence-electron chi connectivity index (χ4n) is 7.56. The van der Waals surface area contributed by atoms with Gasteiger partial charge in [-0.25, -0.2) is 0 Å². The molecular formula is C52H48Cl2SiZr-2. The van der Waals surface area contributed by atoms with Crippen LogP contribution in [0.25, 0.3) is 65.3 Å². The zero-order valence-electron chi connectivity index (χ0n) is 32.9. The molecule has 0 spiro atoms. The average Bonchev–Trinajstić information content (AvgIpc) is 3.84. The van der Waals surface area contributed by atoms with Crippen LogP contribution in [0.15, 0.2) is 170 Å². The number of rotatable bonds is 6. The molecule has 9 rings (SSSR count). The van der Waals surface area contributed by atoms with E-state index in [1.165, 1.54) is 87.6 Å². The maximum atomic E-state index is 2.41. The van der Waals surface area contributed by atoms with Gasteiger partial charge in [0.15, 0.2) is 0 Å². The van der Waals surface area contributed by atoms with Crippen LogP contribution >= 0.6 is 0 Å². The van der Waals surface area contributed by atoms with Crippen LogP contribution in [-0.2, 0) is 36.2 Å². The first-order valence-electron chi connectivity index (χ1n) is 19.2. The van der Waals surface area contributed by atoms with Crippen LogP contribution in [0.2, 0.25) is 13.1 Å². The predicted octanol–water partition coefficient (Wildman–Crippen LogP) is 8.77. The fourth-order valence-corrected chi connectivity index (χ4v) is 7.56. The monoisotopic (exact) mass is 860 g/mol. The van der Waals surface area contributed by atoms with Crippen LogP contribution in [-0.4, -0.2) is 5.43 Å². The molecule has 0 unspecified atom stereocenters. The van der Waals surface area contributed by atoms with Crippen molar-refractivity contribution in [2.24, 2.45) is 0 Å². The van der Waals surface area contributed by atoms with Crippen LogP contribution < -0.4 is 24.8 Å². The maximum Gasteiger partial charge on any atom is -0.0114 e. The van der Waals surface area contributed by atoms with E-state index in [9.17, 15) is 0 Å². The third-order valence-electron chi connectivity index (χ3n) is 10.3. The van der Waals surface area contributed by atoms with Crippen molar-refractivity contribution < 1.29 is 48.1 Å². The van der Waals surface area contributed by atoms with E-state index in [2.05, 4.69) is 204 Å². The number of hydrogen-bond donors (Lipinski definition) is 0. The molecule has 56 heavy (non-hydrogen) atoms. The first kappa shape index (κ1) is 43.1. The molecule has 0 aliphatic rings. The molecule has 0 bridgehead atoms. The van der Waals surface area contributed by atoms with Gasteiger partial charge in [0.1, 0.15) is 0 Å². The number of aryl methyl sites for hydroxylation is 3. The van der Waals surface area contributed by atoms with Gasteiger partial charge in [-0.15, -0.1) is 68.6 Å². The second kappa shape index (κ2) is 19.9. The smallest absolute Gasteiger partial charge is 0.0114 e. The molecule has 0 N–H and O–H groups in total. The summed E-state index contributed by atoms with van der Waals surface area (Å²) in [4.78, 5) is 0. The minimum Gasteiger partial charge on any atom is -1.00 e. The van der Waals surface area contributed by atoms with Crippen LogP contribution in [0.1, 0.15) is 42.0 Å². The zero-order valence-corrected chi connectivity index (χ0v) is 37.9. The topological polar surface area (TPSA) is 0 Å². The van der Waals surface area contributed by atoms with Crippen LogP contribution in [0, 0.1) is 6.92 Å². The standard InChI is InChI=1S/C28H23.C22H19.C2H6Si.2ClH.Zr/c1-20-14-17-26(25-13-7-11-23-10-5-6-12-24(23)25)28-19-22(18-27(20)28)16-15-21-8-3-2-4-9-21;1-15(2)18-13-17-9-6-12-21(22(17)14-18)20-11-5-8-16-7-3-4-10-19(16)20;1-3-2;;;/h2-14,17-19H,15-16H2,1H3;3-15H,1-2H3;1-2H3;2*1H;/q2*-1;;;;+2/p-2. The predicted molar refractivity (Wildman–Crippen MR) is 235 cm³/mol. The van der Waals surface area contributed by atoms with Gasteiger partial charge in [-0.3, -0.25) is 0 Å². The van der Waals surface area contributed by atoms with E-state index in [1.54, 1.807) is 23.3 Å². The van der Waals surface area contributed by atoms with Crippen LogP contribution in [0.4, 0.5) is 0 Å². The Hall–Kier alpha value is -4.04. The second-order valence-corrected chi connectivity index (χ2v) is 24.3. The summed E-state index contributed by atoms with van der Waals surface area (Å²) < 4.78 is 0. The van der Waals surface area contributed by atoms with Gasteiger partial charge in [0.05, 0.1) is 0 Å². The molecule has 0 radical (unpaired) electrons. The van der Waals surface area contributed by atoms with E-state index in [-0.39, 0.29) is 30.2 Å². The van der Waals surface area contributed by atoms with E-state index in [0.29, 0.717) is 5.92 Å². The molecule has 9 aromatic carbocycles. The molecule has 0 aliphatic carbocycles. The molecule has 0 amide bonds. The normalized spacial score (nSPS) is 10.7. The Balaban J connectivity index is 0.000000194. The molecule has 0 aromatic heterocycles. The second-order valence-electron chi connectivity index (χ2n) is 14.9. The van der Waals surface area contributed by atoms with Crippen molar-refractivity contribution in [1.82, 2.24) is 0 Å². The summed E-state index contributed by atoms with van der Waals surface area (Å²) in [5.74, 6) is 0.563. The summed E-state index contributed by atoms with van der Waals surface area (Å²) in [5, 5.41) is 10.7.